The molecule has 8 atom stereocenters. The van der Waals surface area contributed by atoms with Crippen molar-refractivity contribution < 1.29 is 74.9 Å². The number of nitrogens with zero attached hydrogens (tertiary/aromatic N) is 2. The van der Waals surface area contributed by atoms with E-state index in [0.29, 0.717) is 11.1 Å². The summed E-state index contributed by atoms with van der Waals surface area (Å²) < 4.78 is 109. The summed E-state index contributed by atoms with van der Waals surface area (Å²) >= 11 is 0. The fourth-order valence-electron chi connectivity index (χ4n) is 7.57. The minimum Gasteiger partial charge on any atom is -0.659 e. The predicted molar refractivity (Wildman–Crippen MR) is 253 cm³/mol. The Bertz CT molecular complexity index is 1910. The Morgan fingerprint density at radius 3 is 1.15 bits per heavy atom. The number of likely N-dealkylation sites (N-methyl/N-ethyl adjacent to an activating group) is 4. The van der Waals surface area contributed by atoms with Gasteiger partial charge in [-0.05, 0) is 87.4 Å². The molecule has 376 valence electrons. The number of hydrogen-bond donors (Lipinski definition) is 4. The summed E-state index contributed by atoms with van der Waals surface area (Å²) in [4.78, 5) is 0. The summed E-state index contributed by atoms with van der Waals surface area (Å²) in [5.41, 5.74) is 3.99. The smallest absolute Gasteiger partial charge is 0.659 e. The van der Waals surface area contributed by atoms with Gasteiger partial charge in [0.05, 0.1) is 23.2 Å². The zero-order valence-corrected chi connectivity index (χ0v) is 42.8. The van der Waals surface area contributed by atoms with Gasteiger partial charge in [0.25, 0.3) is 0 Å². The van der Waals surface area contributed by atoms with Gasteiger partial charge in [-0.3, -0.25) is 9.11 Å². The molecule has 4 aromatic carbocycles. The quantitative estimate of drug-likeness (QED) is 0.0529. The van der Waals surface area contributed by atoms with Crippen molar-refractivity contribution >= 4 is 10.4 Å². The van der Waals surface area contributed by atoms with Crippen molar-refractivity contribution in [1.82, 2.24) is 10.6 Å². The van der Waals surface area contributed by atoms with Crippen LogP contribution in [0.15, 0.2) is 110 Å². The molecular weight excluding hydrogens is 1070 g/mol. The molecule has 0 radical (unpaired) electrons. The van der Waals surface area contributed by atoms with Gasteiger partial charge in [0.2, 0.25) is 0 Å². The van der Waals surface area contributed by atoms with Gasteiger partial charge in [0.15, 0.2) is 0 Å². The Kier molecular flexibility index (Phi) is 33.8. The van der Waals surface area contributed by atoms with E-state index >= 15 is 0 Å². The maximum Gasteiger partial charge on any atom is 3.00 e. The average molecular weight is 1140 g/mol. The van der Waals surface area contributed by atoms with Gasteiger partial charge in [-0.15, -0.1) is 25.2 Å². The molecule has 1 saturated carbocycles. The van der Waals surface area contributed by atoms with Crippen LogP contribution in [-0.4, -0.2) is 56.7 Å². The molecule has 1 fully saturated rings. The van der Waals surface area contributed by atoms with Crippen molar-refractivity contribution in [2.75, 3.05) is 28.2 Å². The second-order valence-corrected chi connectivity index (χ2v) is 16.3. The Morgan fingerprint density at radius 1 is 0.606 bits per heavy atom. The van der Waals surface area contributed by atoms with E-state index in [1.165, 1.54) is 24.6 Å². The molecule has 0 aliphatic heterocycles. The summed E-state index contributed by atoms with van der Waals surface area (Å²) in [6.07, 6.45) is -7.26. The minimum atomic E-state index is -4.67. The Hall–Kier alpha value is -3.52. The largest absolute Gasteiger partial charge is 3.00 e. The minimum absolute atomic E-state index is 0. The molecule has 1 aliphatic rings. The second kappa shape index (κ2) is 32.3. The number of benzene rings is 4. The summed E-state index contributed by atoms with van der Waals surface area (Å²) in [5, 5.41) is 15.0. The third kappa shape index (κ3) is 23.0. The van der Waals surface area contributed by atoms with Crippen LogP contribution >= 0.6 is 0 Å². The fourth-order valence-corrected chi connectivity index (χ4v) is 7.57. The summed E-state index contributed by atoms with van der Waals surface area (Å²) in [6.45, 7) is 19.5. The van der Waals surface area contributed by atoms with Gasteiger partial charge in [0, 0.05) is 0 Å². The molecule has 0 aromatic heterocycles. The standard InChI is InChI=1S/C18H21F3N2.C18H19F3N2.C9H18.C2H4.CH3.Ir.H2O4S.2H2O/c2*1-12-6-4-7-13(10-12)16(22-2)17(23-3)14-8-5-9-15(11-14)18(19,20)21;1-6-5-7(2)9(4)8(6)3;1-2;;;1-5(2,3)4;;/h4-11,16-17,22-23H,1-3H3;4-11,16-17H,1-3H3;6-9H,5H2,1-4H3;1-2H2;1H3;;(H2,1,2,3,4);2*1H2/q;-2;;;-1;+3;;;/t2*16-,17-;;;;;;;/m11......./s1. The van der Waals surface area contributed by atoms with Crippen LogP contribution in [0.2, 0.25) is 0 Å². The molecule has 0 heterocycles. The molecule has 4 aromatic rings. The number of aryl methyl sites for hydroxylation is 2. The van der Waals surface area contributed by atoms with Crippen LogP contribution < -0.4 is 10.6 Å². The van der Waals surface area contributed by atoms with Gasteiger partial charge >= 0.3 is 42.9 Å². The molecule has 0 saturated heterocycles. The van der Waals surface area contributed by atoms with Crippen molar-refractivity contribution in [1.29, 1.82) is 0 Å². The molecule has 18 heteroatoms. The molecule has 4 unspecified atom stereocenters. The maximum absolute atomic E-state index is 13.0. The monoisotopic (exact) mass is 1140 g/mol. The molecule has 10 nitrogen and oxygen atoms in total. The first kappa shape index (κ1) is 69.1. The van der Waals surface area contributed by atoms with Crippen LogP contribution in [-0.2, 0) is 42.9 Å². The van der Waals surface area contributed by atoms with Crippen LogP contribution in [0, 0.1) is 44.9 Å². The van der Waals surface area contributed by atoms with Crippen molar-refractivity contribution in [3.8, 4) is 0 Å². The van der Waals surface area contributed by atoms with Gasteiger partial charge in [-0.1, -0.05) is 129 Å². The average Bonchev–Trinajstić information content (AvgIpc) is 3.43. The first-order valence-corrected chi connectivity index (χ1v) is 21.5. The van der Waals surface area contributed by atoms with Crippen LogP contribution in [0.5, 0.6) is 0 Å². The molecule has 0 spiro atoms. The van der Waals surface area contributed by atoms with Gasteiger partial charge in [-0.2, -0.15) is 48.9 Å². The van der Waals surface area contributed by atoms with E-state index in [0.717, 1.165) is 64.1 Å². The van der Waals surface area contributed by atoms with Crippen LogP contribution in [0.1, 0.15) is 103 Å². The van der Waals surface area contributed by atoms with Gasteiger partial charge in [0.1, 0.15) is 0 Å². The van der Waals surface area contributed by atoms with Crippen LogP contribution in [0.25, 0.3) is 10.6 Å². The maximum atomic E-state index is 13.0. The van der Waals surface area contributed by atoms with Crippen LogP contribution in [0.4, 0.5) is 26.3 Å². The van der Waals surface area contributed by atoms with Crippen molar-refractivity contribution in [3.05, 3.63) is 173 Å². The zero-order valence-electron chi connectivity index (χ0n) is 39.6. The van der Waals surface area contributed by atoms with E-state index in [1.54, 1.807) is 33.3 Å². The normalized spacial score (nSPS) is 18.2. The van der Waals surface area contributed by atoms with Crippen LogP contribution in [0.3, 0.4) is 0 Å². The molecule has 0 bridgehead atoms. The zero-order chi connectivity index (χ0) is 47.6. The molecule has 1 aliphatic carbocycles. The summed E-state index contributed by atoms with van der Waals surface area (Å²) in [7, 11) is 2.17. The number of halogens is 6. The second-order valence-electron chi connectivity index (χ2n) is 15.4. The Labute approximate surface area is 403 Å². The Balaban J connectivity index is -0.000000420. The van der Waals surface area contributed by atoms with Gasteiger partial charge in [-0.25, -0.2) is 0 Å². The third-order valence-electron chi connectivity index (χ3n) is 11.1. The fraction of sp³-hybridized carbons (Fsp3) is 0.438. The Morgan fingerprint density at radius 2 is 0.879 bits per heavy atom. The summed E-state index contributed by atoms with van der Waals surface area (Å²) in [5.74, 6) is 3.85. The van der Waals surface area contributed by atoms with E-state index in [4.69, 9.17) is 17.5 Å². The van der Waals surface area contributed by atoms with Crippen molar-refractivity contribution in [3.63, 3.8) is 0 Å². The molecule has 5 rings (SSSR count). The van der Waals surface area contributed by atoms with E-state index in [-0.39, 0.29) is 56.6 Å². The first-order chi connectivity index (χ1) is 28.9. The number of alkyl halides is 6. The molecular formula is C48H71F6IrN4O6S. The first-order valence-electron chi connectivity index (χ1n) is 20.1. The predicted octanol–water partition coefficient (Wildman–Crippen LogP) is 11.9. The summed E-state index contributed by atoms with van der Waals surface area (Å²) in [6, 6.07) is 25.4. The van der Waals surface area contributed by atoms with E-state index < -0.39 is 39.9 Å². The number of nitrogens with one attached hydrogen (secondary N) is 2. The van der Waals surface area contributed by atoms with E-state index in [2.05, 4.69) is 62.1 Å². The SMILES string of the molecule is C=C.CC1CC(C)C(C)C1C.CN[C@H](c1cccc(C)c1)[C@H](NC)c1cccc(C(F)(F)F)c1.C[N-][C@H](c1cccc(C)c1)[C@H]([N-]C)c1cccc(C(F)(F)F)c1.O.O.O=S(=O)(O)O.[CH3-].[Ir+3]. The van der Waals surface area contributed by atoms with E-state index in [9.17, 15) is 26.3 Å². The molecule has 0 amide bonds. The number of rotatable bonds is 10. The third-order valence-corrected chi connectivity index (χ3v) is 11.1. The van der Waals surface area contributed by atoms with Crippen molar-refractivity contribution in [2.24, 2.45) is 23.7 Å². The topological polar surface area (TPSA) is 190 Å². The van der Waals surface area contributed by atoms with E-state index in [1.807, 2.05) is 69.4 Å². The van der Waals surface area contributed by atoms with Crippen molar-refractivity contribution in [2.45, 2.75) is 84.5 Å². The number of hydrogen-bond acceptors (Lipinski definition) is 4. The van der Waals surface area contributed by atoms with Gasteiger partial charge < -0.3 is 39.6 Å². The molecule has 8 N–H and O–H groups in total. The molecule has 66 heavy (non-hydrogen) atoms.